The second-order valence-electron chi connectivity index (χ2n) is 12.6. The normalized spacial score (nSPS) is 23.3. The Morgan fingerprint density at radius 3 is 2.32 bits per heavy atom. The second-order valence-corrected chi connectivity index (χ2v) is 12.6. The van der Waals surface area contributed by atoms with Crippen molar-refractivity contribution in [3.63, 3.8) is 0 Å². The summed E-state index contributed by atoms with van der Waals surface area (Å²) in [7, 11) is 0. The Kier molecular flexibility index (Phi) is 10.7. The van der Waals surface area contributed by atoms with Crippen molar-refractivity contribution in [2.24, 2.45) is 0 Å². The number of esters is 1. The number of benzene rings is 3. The molecule has 1 amide bonds. The van der Waals surface area contributed by atoms with Gasteiger partial charge in [-0.25, -0.2) is 0 Å². The van der Waals surface area contributed by atoms with Gasteiger partial charge in [-0.3, -0.25) is 9.59 Å². The highest BCUT2D eigenvalue weighted by molar-refractivity contribution is 5.82. The lowest BCUT2D eigenvalue weighted by atomic mass is 9.98. The zero-order valence-corrected chi connectivity index (χ0v) is 27.1. The summed E-state index contributed by atoms with van der Waals surface area (Å²) in [6, 6.07) is 24.1. The molecule has 10 nitrogen and oxygen atoms in total. The minimum Gasteiger partial charge on any atom is -0.453 e. The SMILES string of the molecule is CC(=O)O[C@@H](C)C(=O)NCc1cccc(-c2ccc([C@@H]3O[C@H](CN4CCC5(CC4)OCCO5)C[C@H](c4ccc(CO)cc4)O3)cc2)c1. The van der Waals surface area contributed by atoms with Crippen molar-refractivity contribution in [1.29, 1.82) is 0 Å². The van der Waals surface area contributed by atoms with Crippen LogP contribution in [0.1, 0.15) is 67.8 Å². The predicted molar refractivity (Wildman–Crippen MR) is 174 cm³/mol. The van der Waals surface area contributed by atoms with E-state index in [9.17, 15) is 14.7 Å². The minimum atomic E-state index is -0.848. The molecule has 4 atom stereocenters. The monoisotopic (exact) mass is 644 g/mol. The summed E-state index contributed by atoms with van der Waals surface area (Å²) in [6.45, 7) is 7.07. The highest BCUT2D eigenvalue weighted by atomic mass is 16.7. The smallest absolute Gasteiger partial charge is 0.303 e. The molecule has 0 radical (unpaired) electrons. The van der Waals surface area contributed by atoms with Gasteiger partial charge in [0.2, 0.25) is 0 Å². The average molecular weight is 645 g/mol. The Bertz CT molecular complexity index is 1500. The highest BCUT2D eigenvalue weighted by Crippen LogP contribution is 2.39. The van der Waals surface area contributed by atoms with Crippen molar-refractivity contribution in [3.05, 3.63) is 95.1 Å². The van der Waals surface area contributed by atoms with Gasteiger partial charge >= 0.3 is 5.97 Å². The van der Waals surface area contributed by atoms with Crippen molar-refractivity contribution in [2.45, 2.75) is 76.7 Å². The van der Waals surface area contributed by atoms with Gasteiger partial charge in [-0.05, 0) is 40.8 Å². The number of hydrogen-bond acceptors (Lipinski definition) is 9. The van der Waals surface area contributed by atoms with Crippen LogP contribution in [0.5, 0.6) is 0 Å². The second kappa shape index (κ2) is 15.1. The molecule has 10 heteroatoms. The summed E-state index contributed by atoms with van der Waals surface area (Å²) in [5.41, 5.74) is 5.84. The summed E-state index contributed by atoms with van der Waals surface area (Å²) in [4.78, 5) is 25.9. The van der Waals surface area contributed by atoms with Crippen LogP contribution >= 0.6 is 0 Å². The third-order valence-corrected chi connectivity index (χ3v) is 9.13. The Hall–Kier alpha value is -3.64. The van der Waals surface area contributed by atoms with E-state index in [0.29, 0.717) is 19.8 Å². The van der Waals surface area contributed by atoms with E-state index in [0.717, 1.165) is 72.3 Å². The van der Waals surface area contributed by atoms with Gasteiger partial charge in [0.15, 0.2) is 18.2 Å². The van der Waals surface area contributed by atoms with Gasteiger partial charge in [-0.1, -0.05) is 66.7 Å². The molecule has 3 aromatic carbocycles. The van der Waals surface area contributed by atoms with Crippen LogP contribution in [0, 0.1) is 0 Å². The van der Waals surface area contributed by atoms with E-state index < -0.39 is 24.2 Å². The van der Waals surface area contributed by atoms with Gasteiger partial charge < -0.3 is 39.0 Å². The first-order chi connectivity index (χ1) is 22.8. The Labute approximate surface area is 275 Å². The van der Waals surface area contributed by atoms with Gasteiger partial charge in [-0.2, -0.15) is 0 Å². The molecule has 0 bridgehead atoms. The maximum absolute atomic E-state index is 12.3. The summed E-state index contributed by atoms with van der Waals surface area (Å²) in [6.07, 6.45) is 0.862. The van der Waals surface area contributed by atoms with Crippen LogP contribution in [0.25, 0.3) is 11.1 Å². The largest absolute Gasteiger partial charge is 0.453 e. The number of aliphatic hydroxyl groups is 1. The van der Waals surface area contributed by atoms with Gasteiger partial charge in [0.1, 0.15) is 0 Å². The lowest BCUT2D eigenvalue weighted by Crippen LogP contribution is -2.48. The number of nitrogens with zero attached hydrogens (tertiary/aromatic N) is 1. The van der Waals surface area contributed by atoms with Gasteiger partial charge in [0, 0.05) is 57.9 Å². The number of amides is 1. The summed E-state index contributed by atoms with van der Waals surface area (Å²) in [5, 5.41) is 12.4. The standard InChI is InChI=1S/C37H44N2O8/c1-25(45-26(2)41)35(42)38-22-28-4-3-5-32(20-28)29-10-12-31(13-11-29)36-46-33(21-34(47-36)30-8-6-27(24-40)7-9-30)23-39-16-14-37(15-17-39)43-18-19-44-37/h3-13,20,25,33-34,36,40H,14-19,21-24H2,1-2H3,(H,38,42)/t25-,33-,34+,36+/m0/s1. The van der Waals surface area contributed by atoms with E-state index in [1.807, 2.05) is 60.7 Å². The molecule has 250 valence electrons. The Morgan fingerprint density at radius 1 is 0.936 bits per heavy atom. The number of hydrogen-bond donors (Lipinski definition) is 2. The summed E-state index contributed by atoms with van der Waals surface area (Å²) < 4.78 is 30.0. The molecular weight excluding hydrogens is 600 g/mol. The molecule has 0 aliphatic carbocycles. The quantitative estimate of drug-likeness (QED) is 0.301. The maximum atomic E-state index is 12.3. The van der Waals surface area contributed by atoms with Crippen molar-refractivity contribution < 1.29 is 38.4 Å². The lowest BCUT2D eigenvalue weighted by molar-refractivity contribution is -0.255. The fraction of sp³-hybridized carbons (Fsp3) is 0.459. The number of rotatable bonds is 10. The van der Waals surface area contributed by atoms with E-state index in [4.69, 9.17) is 23.7 Å². The van der Waals surface area contributed by atoms with Crippen LogP contribution in [-0.2, 0) is 46.4 Å². The van der Waals surface area contributed by atoms with E-state index in [-0.39, 0.29) is 24.7 Å². The van der Waals surface area contributed by atoms with Crippen molar-refractivity contribution >= 4 is 11.9 Å². The number of carbonyl (C=O) groups excluding carboxylic acids is 2. The van der Waals surface area contributed by atoms with Crippen LogP contribution in [0.15, 0.2) is 72.8 Å². The Morgan fingerprint density at radius 2 is 1.64 bits per heavy atom. The molecule has 3 fully saturated rings. The first-order valence-corrected chi connectivity index (χ1v) is 16.4. The molecular formula is C37H44N2O8. The molecule has 0 saturated carbocycles. The van der Waals surface area contributed by atoms with Gasteiger partial charge in [0.25, 0.3) is 5.91 Å². The van der Waals surface area contributed by atoms with Crippen molar-refractivity contribution in [3.8, 4) is 11.1 Å². The summed E-state index contributed by atoms with van der Waals surface area (Å²) >= 11 is 0. The fourth-order valence-electron chi connectivity index (χ4n) is 6.51. The molecule has 0 aromatic heterocycles. The van der Waals surface area contributed by atoms with E-state index in [1.165, 1.54) is 6.92 Å². The number of piperidine rings is 1. The predicted octanol–water partition coefficient (Wildman–Crippen LogP) is 4.80. The highest BCUT2D eigenvalue weighted by Gasteiger charge is 2.41. The number of likely N-dealkylation sites (tertiary alicyclic amines) is 1. The fourth-order valence-corrected chi connectivity index (χ4v) is 6.51. The first kappa shape index (κ1) is 33.3. The first-order valence-electron chi connectivity index (χ1n) is 16.4. The molecule has 3 saturated heterocycles. The Balaban J connectivity index is 1.13. The molecule has 3 aromatic rings. The molecule has 3 heterocycles. The average Bonchev–Trinajstić information content (AvgIpc) is 3.56. The van der Waals surface area contributed by atoms with Crippen LogP contribution in [0.4, 0.5) is 0 Å². The van der Waals surface area contributed by atoms with Crippen LogP contribution < -0.4 is 5.32 Å². The molecule has 3 aliphatic heterocycles. The van der Waals surface area contributed by atoms with Crippen LogP contribution in [-0.4, -0.2) is 72.7 Å². The lowest BCUT2D eigenvalue weighted by Gasteiger charge is -2.41. The molecule has 6 rings (SSSR count). The molecule has 3 aliphatic rings. The topological polar surface area (TPSA) is 116 Å². The summed E-state index contributed by atoms with van der Waals surface area (Å²) in [5.74, 6) is -1.25. The number of aliphatic hydroxyl groups excluding tert-OH is 1. The number of carbonyl (C=O) groups is 2. The van der Waals surface area contributed by atoms with Gasteiger partial charge in [0.05, 0.1) is 32.0 Å². The van der Waals surface area contributed by atoms with Crippen LogP contribution in [0.3, 0.4) is 0 Å². The van der Waals surface area contributed by atoms with E-state index in [2.05, 4.69) is 22.3 Å². The maximum Gasteiger partial charge on any atom is 0.303 e. The van der Waals surface area contributed by atoms with Crippen LogP contribution in [0.2, 0.25) is 0 Å². The molecule has 2 N–H and O–H groups in total. The van der Waals surface area contributed by atoms with E-state index >= 15 is 0 Å². The third-order valence-electron chi connectivity index (χ3n) is 9.13. The number of nitrogens with one attached hydrogen (secondary N) is 1. The molecule has 47 heavy (non-hydrogen) atoms. The van der Waals surface area contributed by atoms with Crippen molar-refractivity contribution in [1.82, 2.24) is 10.2 Å². The van der Waals surface area contributed by atoms with E-state index in [1.54, 1.807) is 6.92 Å². The molecule has 1 spiro atoms. The number of ether oxygens (including phenoxy) is 5. The third kappa shape index (κ3) is 8.45. The molecule has 0 unspecified atom stereocenters. The zero-order chi connectivity index (χ0) is 32.8. The zero-order valence-electron chi connectivity index (χ0n) is 27.1. The van der Waals surface area contributed by atoms with Crippen molar-refractivity contribution in [2.75, 3.05) is 32.8 Å². The minimum absolute atomic E-state index is 0.00320. The van der Waals surface area contributed by atoms with Gasteiger partial charge in [-0.15, -0.1) is 0 Å².